The largest absolute Gasteiger partial charge is 0.410 e. The lowest BCUT2D eigenvalue weighted by Gasteiger charge is -2.21. The second-order valence-electron chi connectivity index (χ2n) is 5.90. The minimum Gasteiger partial charge on any atom is -0.410 e. The Hall–Kier alpha value is -1.49. The summed E-state index contributed by atoms with van der Waals surface area (Å²) in [6.07, 6.45) is 0.563. The van der Waals surface area contributed by atoms with Crippen molar-refractivity contribution in [3.8, 4) is 16.3 Å². The molecule has 3 N–H and O–H groups in total. The number of halogens is 1. The molecule has 7 nitrogen and oxygen atoms in total. The van der Waals surface area contributed by atoms with Crippen molar-refractivity contribution in [1.29, 1.82) is 0 Å². The number of nitrogens with one attached hydrogen (secondary N) is 1. The van der Waals surface area contributed by atoms with Gasteiger partial charge >= 0.3 is 6.09 Å². The van der Waals surface area contributed by atoms with Crippen LogP contribution in [0.5, 0.6) is 5.75 Å². The van der Waals surface area contributed by atoms with Crippen LogP contribution in [0.15, 0.2) is 33.1 Å². The molecule has 130 valence electrons. The molecule has 0 saturated heterocycles. The number of nitrogens with two attached hydrogens (primary N) is 1. The first-order valence-corrected chi connectivity index (χ1v) is 9.84. The van der Waals surface area contributed by atoms with Gasteiger partial charge in [0.05, 0.1) is 14.9 Å². The lowest BCUT2D eigenvalue weighted by atomic mass is 10.1. The zero-order chi connectivity index (χ0) is 18.1. The zero-order valence-corrected chi connectivity index (χ0v) is 16.4. The van der Waals surface area contributed by atoms with Crippen molar-refractivity contribution >= 4 is 43.4 Å². The molecule has 0 atom stereocenters. The number of carbonyl (C=O) groups is 1. The Balaban J connectivity index is 2.61. The molecule has 0 aliphatic rings. The Labute approximate surface area is 152 Å². The number of amides is 1. The quantitative estimate of drug-likeness (QED) is 0.768. The summed E-state index contributed by atoms with van der Waals surface area (Å²) in [7, 11) is -3.88. The molecule has 0 aliphatic heterocycles. The summed E-state index contributed by atoms with van der Waals surface area (Å²) in [5.41, 5.74) is 4.72. The number of carbonyl (C=O) groups excluding carboxylic acids is 1. The van der Waals surface area contributed by atoms with Gasteiger partial charge in [-0.05, 0) is 48.8 Å². The van der Waals surface area contributed by atoms with Crippen LogP contribution in [-0.2, 0) is 10.0 Å². The number of hydrogen-bond acceptors (Lipinski definition) is 6. The van der Waals surface area contributed by atoms with Gasteiger partial charge in [0.15, 0.2) is 0 Å². The third-order valence-electron chi connectivity index (χ3n) is 2.61. The molecule has 0 fully saturated rings. The molecule has 2 rings (SSSR count). The molecule has 1 heterocycles. The number of thiazole rings is 1. The van der Waals surface area contributed by atoms with Gasteiger partial charge in [0.1, 0.15) is 10.8 Å². The molecule has 1 aromatic heterocycles. The number of nitrogens with zero attached hydrogens (tertiary/aromatic N) is 1. The summed E-state index contributed by atoms with van der Waals surface area (Å²) in [5.74, 6) is 0.0381. The van der Waals surface area contributed by atoms with Crippen molar-refractivity contribution in [3.63, 3.8) is 0 Å². The number of primary amides is 1. The highest BCUT2D eigenvalue weighted by Crippen LogP contribution is 2.35. The lowest BCUT2D eigenvalue weighted by Crippen LogP contribution is -2.40. The Morgan fingerprint density at radius 3 is 2.54 bits per heavy atom. The van der Waals surface area contributed by atoms with Crippen molar-refractivity contribution in [3.05, 3.63) is 28.2 Å². The maximum absolute atomic E-state index is 12.8. The summed E-state index contributed by atoms with van der Waals surface area (Å²) in [4.78, 5) is 15.1. The highest BCUT2D eigenvalue weighted by Gasteiger charge is 2.27. The predicted molar refractivity (Wildman–Crippen MR) is 95.5 cm³/mol. The summed E-state index contributed by atoms with van der Waals surface area (Å²) >= 11 is 4.60. The molecule has 1 aromatic carbocycles. The highest BCUT2D eigenvalue weighted by atomic mass is 79.9. The van der Waals surface area contributed by atoms with E-state index < -0.39 is 21.7 Å². The van der Waals surface area contributed by atoms with E-state index in [1.807, 2.05) is 0 Å². The van der Waals surface area contributed by atoms with Gasteiger partial charge in [0.25, 0.3) is 0 Å². The Morgan fingerprint density at radius 2 is 2.04 bits per heavy atom. The van der Waals surface area contributed by atoms with Gasteiger partial charge in [0.2, 0.25) is 10.0 Å². The predicted octanol–water partition coefficient (Wildman–Crippen LogP) is 3.11. The van der Waals surface area contributed by atoms with Crippen LogP contribution in [0.25, 0.3) is 10.6 Å². The van der Waals surface area contributed by atoms with Gasteiger partial charge < -0.3 is 10.5 Å². The second-order valence-corrected chi connectivity index (χ2v) is 9.96. The summed E-state index contributed by atoms with van der Waals surface area (Å²) < 4.78 is 33.7. The molecular formula is C14H16BrN3O4S2. The molecule has 0 radical (unpaired) electrons. The van der Waals surface area contributed by atoms with Crippen LogP contribution in [0, 0.1) is 0 Å². The van der Waals surface area contributed by atoms with Crippen LogP contribution in [0.1, 0.15) is 20.8 Å². The highest BCUT2D eigenvalue weighted by molar-refractivity contribution is 9.11. The van der Waals surface area contributed by atoms with Gasteiger partial charge in [-0.25, -0.2) is 22.9 Å². The summed E-state index contributed by atoms with van der Waals surface area (Å²) in [5, 5.41) is 0.516. The van der Waals surface area contributed by atoms with E-state index in [9.17, 15) is 13.2 Å². The van der Waals surface area contributed by atoms with Crippen LogP contribution < -0.4 is 15.2 Å². The lowest BCUT2D eigenvalue weighted by molar-refractivity contribution is 0.210. The average Bonchev–Trinajstić information content (AvgIpc) is 2.82. The minimum atomic E-state index is -3.88. The Morgan fingerprint density at radius 1 is 1.38 bits per heavy atom. The fourth-order valence-corrected chi connectivity index (χ4v) is 4.87. The maximum atomic E-state index is 12.8. The number of ether oxygens (including phenoxy) is 1. The van der Waals surface area contributed by atoms with E-state index in [0.29, 0.717) is 10.6 Å². The van der Waals surface area contributed by atoms with Gasteiger partial charge in [0, 0.05) is 17.2 Å². The molecule has 0 unspecified atom stereocenters. The smallest absolute Gasteiger partial charge is 0.409 e. The van der Waals surface area contributed by atoms with Crippen LogP contribution in [0.3, 0.4) is 0 Å². The van der Waals surface area contributed by atoms with Crippen LogP contribution in [0.4, 0.5) is 4.79 Å². The molecular weight excluding hydrogens is 418 g/mol. The topological polar surface area (TPSA) is 111 Å². The molecule has 0 saturated carbocycles. The Bertz CT molecular complexity index is 872. The molecule has 1 amide bonds. The van der Waals surface area contributed by atoms with Crippen molar-refractivity contribution in [2.75, 3.05) is 0 Å². The molecule has 10 heteroatoms. The Kier molecular flexibility index (Phi) is 5.33. The van der Waals surface area contributed by atoms with Crippen LogP contribution in [0.2, 0.25) is 0 Å². The van der Waals surface area contributed by atoms with Crippen molar-refractivity contribution < 1.29 is 17.9 Å². The normalized spacial score (nSPS) is 12.2. The van der Waals surface area contributed by atoms with E-state index in [2.05, 4.69) is 25.6 Å². The standard InChI is InChI=1S/C14H16BrN3O4S2/c1-14(2,3)18-24(20,21)10-6-8(22-13(16)19)4-5-9(10)12-17-7-11(15)23-12/h4-7,18H,1-3H3,(H2,16,19). The summed E-state index contributed by atoms with van der Waals surface area (Å²) in [6, 6.07) is 4.25. The zero-order valence-electron chi connectivity index (χ0n) is 13.2. The first kappa shape index (κ1) is 18.8. The van der Waals surface area contributed by atoms with E-state index >= 15 is 0 Å². The van der Waals surface area contributed by atoms with Crippen LogP contribution in [-0.4, -0.2) is 25.0 Å². The average molecular weight is 434 g/mol. The number of benzene rings is 1. The SMILES string of the molecule is CC(C)(C)NS(=O)(=O)c1cc(OC(N)=O)ccc1-c1ncc(Br)s1. The van der Waals surface area contributed by atoms with Crippen molar-refractivity contribution in [2.24, 2.45) is 5.73 Å². The van der Waals surface area contributed by atoms with E-state index in [-0.39, 0.29) is 10.6 Å². The third kappa shape index (κ3) is 4.76. The van der Waals surface area contributed by atoms with E-state index in [4.69, 9.17) is 10.5 Å². The summed E-state index contributed by atoms with van der Waals surface area (Å²) in [6.45, 7) is 5.19. The first-order chi connectivity index (χ1) is 11.0. The first-order valence-electron chi connectivity index (χ1n) is 6.75. The monoisotopic (exact) mass is 433 g/mol. The van der Waals surface area contributed by atoms with Gasteiger partial charge in [-0.1, -0.05) is 0 Å². The maximum Gasteiger partial charge on any atom is 0.409 e. The molecule has 24 heavy (non-hydrogen) atoms. The van der Waals surface area contributed by atoms with E-state index in [0.717, 1.165) is 3.79 Å². The third-order valence-corrected chi connectivity index (χ3v) is 5.92. The minimum absolute atomic E-state index is 0.0381. The number of rotatable bonds is 4. The van der Waals surface area contributed by atoms with Gasteiger partial charge in [-0.15, -0.1) is 11.3 Å². The van der Waals surface area contributed by atoms with E-state index in [1.54, 1.807) is 27.0 Å². The molecule has 2 aromatic rings. The van der Waals surface area contributed by atoms with Crippen molar-refractivity contribution in [1.82, 2.24) is 9.71 Å². The fourth-order valence-electron chi connectivity index (χ4n) is 1.92. The molecule has 0 bridgehead atoms. The van der Waals surface area contributed by atoms with Gasteiger partial charge in [-0.3, -0.25) is 0 Å². The number of sulfonamides is 1. The molecule has 0 spiro atoms. The van der Waals surface area contributed by atoms with E-state index in [1.165, 1.54) is 29.5 Å². The van der Waals surface area contributed by atoms with Crippen LogP contribution >= 0.6 is 27.3 Å². The van der Waals surface area contributed by atoms with Crippen molar-refractivity contribution in [2.45, 2.75) is 31.2 Å². The number of aromatic nitrogens is 1. The van der Waals surface area contributed by atoms with Gasteiger partial charge in [-0.2, -0.15) is 0 Å². The fraction of sp³-hybridized carbons (Fsp3) is 0.286. The second kappa shape index (κ2) is 6.79. The molecule has 0 aliphatic carbocycles. The number of hydrogen-bond donors (Lipinski definition) is 2.